The number of anilines is 2. The van der Waals surface area contributed by atoms with Crippen molar-refractivity contribution < 1.29 is 4.79 Å². The third-order valence-corrected chi connectivity index (χ3v) is 6.01. The second kappa shape index (κ2) is 11.7. The lowest BCUT2D eigenvalue weighted by Gasteiger charge is -2.16. The summed E-state index contributed by atoms with van der Waals surface area (Å²) < 4.78 is 1.13. The van der Waals surface area contributed by atoms with Crippen molar-refractivity contribution in [3.05, 3.63) is 29.1 Å². The molecule has 0 bridgehead atoms. The molecule has 164 valence electrons. The van der Waals surface area contributed by atoms with Crippen molar-refractivity contribution >= 4 is 49.7 Å². The van der Waals surface area contributed by atoms with Gasteiger partial charge in [0.2, 0.25) is 0 Å². The number of aromatic nitrogens is 1. The number of thiophene rings is 1. The normalized spacial score (nSPS) is 14.7. The van der Waals surface area contributed by atoms with Gasteiger partial charge in [-0.15, -0.1) is 11.3 Å². The number of carbonyl (C=O) groups is 1. The summed E-state index contributed by atoms with van der Waals surface area (Å²) in [7, 11) is 0. The number of hydrogen-bond acceptors (Lipinski definition) is 5. The van der Waals surface area contributed by atoms with Gasteiger partial charge in [-0.3, -0.25) is 4.79 Å². The minimum atomic E-state index is 0.0194. The predicted octanol–water partition coefficient (Wildman–Crippen LogP) is 6.28. The number of carbonyl (C=O) groups excluding carboxylic acids is 1. The number of amides is 1. The van der Waals surface area contributed by atoms with E-state index in [0.717, 1.165) is 57.0 Å². The second-order valence-electron chi connectivity index (χ2n) is 6.36. The van der Waals surface area contributed by atoms with Gasteiger partial charge >= 0.3 is 0 Å². The maximum atomic E-state index is 12.3. The van der Waals surface area contributed by atoms with Crippen LogP contribution in [0.4, 0.5) is 11.5 Å². The first kappa shape index (κ1) is 23.9. The van der Waals surface area contributed by atoms with Crippen molar-refractivity contribution in [3.8, 4) is 0 Å². The first-order valence-electron chi connectivity index (χ1n) is 11.4. The molecule has 0 unspecified atom stereocenters. The Morgan fingerprint density at radius 2 is 1.57 bits per heavy atom. The summed E-state index contributed by atoms with van der Waals surface area (Å²) in [5.74, 6) is 1.08. The number of nitrogens with one attached hydrogen (secondary N) is 2. The predicted molar refractivity (Wildman–Crippen MR) is 133 cm³/mol. The summed E-state index contributed by atoms with van der Waals surface area (Å²) in [6.07, 6.45) is 2.49. The van der Waals surface area contributed by atoms with E-state index in [2.05, 4.69) is 39.8 Å². The molecule has 30 heavy (non-hydrogen) atoms. The molecule has 6 heteroatoms. The molecule has 0 atom stereocenters. The maximum absolute atomic E-state index is 12.3. The SMILES string of the molecule is CC.CC.CC.O=C1NCCNc2c1sc1ccc3nc(N4CCCC4)ccc3c21. The minimum absolute atomic E-state index is 0.0194. The van der Waals surface area contributed by atoms with E-state index in [1.807, 2.05) is 41.5 Å². The molecule has 1 saturated heterocycles. The summed E-state index contributed by atoms with van der Waals surface area (Å²) in [5, 5.41) is 8.62. The molecule has 0 radical (unpaired) electrons. The van der Waals surface area contributed by atoms with E-state index in [0.29, 0.717) is 6.54 Å². The van der Waals surface area contributed by atoms with Crippen molar-refractivity contribution in [3.63, 3.8) is 0 Å². The molecule has 0 saturated carbocycles. The lowest BCUT2D eigenvalue weighted by Crippen LogP contribution is -2.24. The van der Waals surface area contributed by atoms with Crippen LogP contribution in [0.3, 0.4) is 0 Å². The van der Waals surface area contributed by atoms with Crippen molar-refractivity contribution in [1.82, 2.24) is 10.3 Å². The van der Waals surface area contributed by atoms with Crippen LogP contribution in [0, 0.1) is 0 Å². The summed E-state index contributed by atoms with van der Waals surface area (Å²) in [4.78, 5) is 20.3. The lowest BCUT2D eigenvalue weighted by molar-refractivity contribution is 0.0962. The third kappa shape index (κ3) is 4.69. The average molecular weight is 429 g/mol. The first-order valence-corrected chi connectivity index (χ1v) is 12.3. The Hall–Kier alpha value is -2.34. The van der Waals surface area contributed by atoms with Gasteiger partial charge in [0.05, 0.1) is 11.2 Å². The molecule has 3 aromatic rings. The Kier molecular flexibility index (Phi) is 9.37. The highest BCUT2D eigenvalue weighted by Crippen LogP contribution is 2.40. The van der Waals surface area contributed by atoms with Gasteiger partial charge in [0, 0.05) is 41.7 Å². The Labute approximate surface area is 184 Å². The number of benzene rings is 1. The van der Waals surface area contributed by atoms with E-state index < -0.39 is 0 Å². The molecule has 5 nitrogen and oxygen atoms in total. The second-order valence-corrected chi connectivity index (χ2v) is 7.41. The van der Waals surface area contributed by atoms with E-state index in [1.54, 1.807) is 11.3 Å². The number of hydrogen-bond donors (Lipinski definition) is 2. The maximum Gasteiger partial charge on any atom is 0.263 e. The van der Waals surface area contributed by atoms with Crippen LogP contribution in [-0.4, -0.2) is 37.1 Å². The van der Waals surface area contributed by atoms with Crippen LogP contribution in [0.2, 0.25) is 0 Å². The van der Waals surface area contributed by atoms with Crippen molar-refractivity contribution in [2.24, 2.45) is 0 Å². The Bertz CT molecular complexity index is 961. The van der Waals surface area contributed by atoms with Crippen LogP contribution in [0.1, 0.15) is 64.1 Å². The summed E-state index contributed by atoms with van der Waals surface area (Å²) in [6, 6.07) is 8.45. The zero-order valence-electron chi connectivity index (χ0n) is 19.3. The summed E-state index contributed by atoms with van der Waals surface area (Å²) >= 11 is 1.55. The quantitative estimate of drug-likeness (QED) is 0.479. The van der Waals surface area contributed by atoms with Gasteiger partial charge in [0.15, 0.2) is 0 Å². The molecule has 2 aliphatic rings. The molecular formula is C24H36N4OS. The fourth-order valence-corrected chi connectivity index (χ4v) is 4.80. The molecule has 2 aliphatic heterocycles. The monoisotopic (exact) mass is 428 g/mol. The van der Waals surface area contributed by atoms with Crippen molar-refractivity contribution in [1.29, 1.82) is 0 Å². The topological polar surface area (TPSA) is 57.3 Å². The van der Waals surface area contributed by atoms with Crippen molar-refractivity contribution in [2.75, 3.05) is 36.4 Å². The number of nitrogens with zero attached hydrogens (tertiary/aromatic N) is 2. The van der Waals surface area contributed by atoms with Crippen molar-refractivity contribution in [2.45, 2.75) is 54.4 Å². The van der Waals surface area contributed by atoms with Gasteiger partial charge < -0.3 is 15.5 Å². The van der Waals surface area contributed by atoms with Crippen LogP contribution in [-0.2, 0) is 0 Å². The molecule has 1 amide bonds. The molecule has 0 spiro atoms. The zero-order chi connectivity index (χ0) is 22.1. The molecular weight excluding hydrogens is 392 g/mol. The Morgan fingerprint density at radius 3 is 2.27 bits per heavy atom. The Morgan fingerprint density at radius 1 is 0.900 bits per heavy atom. The smallest absolute Gasteiger partial charge is 0.263 e. The summed E-state index contributed by atoms with van der Waals surface area (Å²) in [6.45, 7) is 15.6. The highest BCUT2D eigenvalue weighted by molar-refractivity contribution is 7.21. The number of rotatable bonds is 1. The van der Waals surface area contributed by atoms with Crippen LogP contribution >= 0.6 is 11.3 Å². The van der Waals surface area contributed by atoms with E-state index in [4.69, 9.17) is 4.98 Å². The number of pyridine rings is 1. The largest absolute Gasteiger partial charge is 0.381 e. The third-order valence-electron chi connectivity index (χ3n) is 4.86. The van der Waals surface area contributed by atoms with E-state index >= 15 is 0 Å². The van der Waals surface area contributed by atoms with E-state index in [9.17, 15) is 4.79 Å². The van der Waals surface area contributed by atoms with Gasteiger partial charge in [0.25, 0.3) is 5.91 Å². The summed E-state index contributed by atoms with van der Waals surface area (Å²) in [5.41, 5.74) is 1.96. The molecule has 4 heterocycles. The average Bonchev–Trinajstić information content (AvgIpc) is 3.45. The van der Waals surface area contributed by atoms with Gasteiger partial charge in [-0.1, -0.05) is 41.5 Å². The molecule has 2 N–H and O–H groups in total. The van der Waals surface area contributed by atoms with Crippen LogP contribution in [0.5, 0.6) is 0 Å². The van der Waals surface area contributed by atoms with Crippen LogP contribution in [0.25, 0.3) is 21.0 Å². The Balaban J connectivity index is 0.000000493. The highest BCUT2D eigenvalue weighted by atomic mass is 32.1. The van der Waals surface area contributed by atoms with Gasteiger partial charge in [-0.2, -0.15) is 0 Å². The lowest BCUT2D eigenvalue weighted by atomic mass is 10.1. The molecule has 0 aliphatic carbocycles. The fourth-order valence-electron chi connectivity index (χ4n) is 3.69. The van der Waals surface area contributed by atoms with Gasteiger partial charge in [-0.05, 0) is 37.1 Å². The van der Waals surface area contributed by atoms with Gasteiger partial charge in [0.1, 0.15) is 10.7 Å². The van der Waals surface area contributed by atoms with Crippen LogP contribution < -0.4 is 15.5 Å². The highest BCUT2D eigenvalue weighted by Gasteiger charge is 2.22. The molecule has 1 fully saturated rings. The zero-order valence-corrected chi connectivity index (χ0v) is 20.1. The first-order chi connectivity index (χ1) is 14.8. The van der Waals surface area contributed by atoms with E-state index in [-0.39, 0.29) is 5.91 Å². The van der Waals surface area contributed by atoms with Gasteiger partial charge in [-0.25, -0.2) is 4.98 Å². The molecule has 1 aromatic carbocycles. The van der Waals surface area contributed by atoms with E-state index in [1.165, 1.54) is 12.8 Å². The standard InChI is InChI=1S/C18H18N4OS.3C2H6/c23-18-17-16(19-7-8-20-18)15-11-3-6-14(22-9-1-2-10-22)21-12(11)4-5-13(15)24-17;3*1-2/h3-6,19H,1-2,7-10H2,(H,20,23);3*1-2H3. The van der Waals surface area contributed by atoms with Crippen LogP contribution in [0.15, 0.2) is 24.3 Å². The minimum Gasteiger partial charge on any atom is -0.381 e. The molecule has 5 rings (SSSR count). The number of fused-ring (bicyclic) bond motifs is 5. The fraction of sp³-hybridized carbons (Fsp3) is 0.500. The molecule has 2 aromatic heterocycles.